The van der Waals surface area contributed by atoms with E-state index in [0.717, 1.165) is 0 Å². The second kappa shape index (κ2) is 3.61. The van der Waals surface area contributed by atoms with E-state index >= 15 is 0 Å². The zero-order chi connectivity index (χ0) is 10.8. The highest BCUT2D eigenvalue weighted by Crippen LogP contribution is 2.12. The van der Waals surface area contributed by atoms with Crippen LogP contribution in [0.2, 0.25) is 0 Å². The number of hydrogen-bond donors (Lipinski definition) is 0. The van der Waals surface area contributed by atoms with Gasteiger partial charge >= 0.3 is 0 Å². The Kier molecular flexibility index (Phi) is 2.29. The molecule has 2 heterocycles. The van der Waals surface area contributed by atoms with Gasteiger partial charge in [0, 0.05) is 32.7 Å². The van der Waals surface area contributed by atoms with E-state index in [1.807, 2.05) is 0 Å². The Morgan fingerprint density at radius 1 is 1.20 bits per heavy atom. The summed E-state index contributed by atoms with van der Waals surface area (Å²) >= 11 is 0. The minimum Gasteiger partial charge on any atom is -0.345 e. The Bertz CT molecular complexity index is 504. The number of carbonyl (C=O) groups excluding carboxylic acids is 1. The molecule has 2 rings (SSSR count). The molecule has 0 saturated carbocycles. The first kappa shape index (κ1) is 9.51. The summed E-state index contributed by atoms with van der Waals surface area (Å²) < 4.78 is 0. The molecule has 0 unspecified atom stereocenters. The molecule has 0 N–H and O–H groups in total. The number of rotatable bonds is 1. The fraction of sp³-hybridized carbons (Fsp3) is 0.200. The topological polar surface area (TPSA) is 59.0 Å². The molecular weight excluding hydrogens is 192 g/mol. The summed E-state index contributed by atoms with van der Waals surface area (Å²) in [7, 11) is 3.38. The monoisotopic (exact) mass is 202 g/mol. The normalized spacial score (nSPS) is 10.3. The summed E-state index contributed by atoms with van der Waals surface area (Å²) in [5, 5.41) is 0. The third-order valence-electron chi connectivity index (χ3n) is 2.02. The highest BCUT2D eigenvalue weighted by Gasteiger charge is 2.13. The summed E-state index contributed by atoms with van der Waals surface area (Å²) in [5.74, 6) is -0.117. The van der Waals surface area contributed by atoms with Gasteiger partial charge in [0.15, 0.2) is 0 Å². The van der Waals surface area contributed by atoms with Gasteiger partial charge in [-0.2, -0.15) is 0 Å². The van der Waals surface area contributed by atoms with E-state index < -0.39 is 0 Å². The van der Waals surface area contributed by atoms with Crippen LogP contribution < -0.4 is 0 Å². The van der Waals surface area contributed by atoms with E-state index in [1.54, 1.807) is 32.7 Å². The first-order valence-electron chi connectivity index (χ1n) is 4.46. The Hall–Kier alpha value is -2.04. The van der Waals surface area contributed by atoms with Crippen molar-refractivity contribution in [2.24, 2.45) is 0 Å². The average molecular weight is 202 g/mol. The van der Waals surface area contributed by atoms with Crippen LogP contribution >= 0.6 is 0 Å². The number of amides is 1. The quantitative estimate of drug-likeness (QED) is 0.684. The second-order valence-electron chi connectivity index (χ2n) is 3.31. The van der Waals surface area contributed by atoms with Crippen molar-refractivity contribution >= 4 is 16.9 Å². The van der Waals surface area contributed by atoms with E-state index in [9.17, 15) is 4.79 Å². The lowest BCUT2D eigenvalue weighted by molar-refractivity contribution is 0.0829. The number of pyridine rings is 1. The van der Waals surface area contributed by atoms with E-state index in [1.165, 1.54) is 11.1 Å². The van der Waals surface area contributed by atoms with Crippen LogP contribution in [0.1, 0.15) is 10.4 Å². The lowest BCUT2D eigenvalue weighted by Gasteiger charge is -2.10. The summed E-state index contributed by atoms with van der Waals surface area (Å²) in [4.78, 5) is 25.5. The predicted molar refractivity (Wildman–Crippen MR) is 55.4 cm³/mol. The van der Waals surface area contributed by atoms with Gasteiger partial charge in [0.25, 0.3) is 5.91 Å². The number of nitrogens with zero attached hydrogens (tertiary/aromatic N) is 4. The van der Waals surface area contributed by atoms with Crippen molar-refractivity contribution in [3.63, 3.8) is 0 Å². The first-order valence-corrected chi connectivity index (χ1v) is 4.46. The van der Waals surface area contributed by atoms with Crippen molar-refractivity contribution in [1.29, 1.82) is 0 Å². The zero-order valence-electron chi connectivity index (χ0n) is 8.51. The molecule has 0 fully saturated rings. The van der Waals surface area contributed by atoms with Gasteiger partial charge in [0.1, 0.15) is 11.0 Å². The first-order chi connectivity index (χ1) is 7.20. The molecular formula is C10H10N4O. The maximum atomic E-state index is 11.8. The maximum Gasteiger partial charge on any atom is 0.257 e. The van der Waals surface area contributed by atoms with E-state index in [-0.39, 0.29) is 5.91 Å². The molecule has 2 aromatic rings. The fourth-order valence-electron chi connectivity index (χ4n) is 1.29. The molecule has 0 aromatic carbocycles. The molecule has 0 bridgehead atoms. The average Bonchev–Trinajstić information content (AvgIpc) is 2.27. The van der Waals surface area contributed by atoms with Crippen LogP contribution in [-0.2, 0) is 0 Å². The van der Waals surface area contributed by atoms with Crippen LogP contribution in [-0.4, -0.2) is 39.9 Å². The zero-order valence-corrected chi connectivity index (χ0v) is 8.51. The van der Waals surface area contributed by atoms with Crippen LogP contribution in [0, 0.1) is 0 Å². The molecule has 2 aromatic heterocycles. The number of fused-ring (bicyclic) bond motifs is 1. The number of hydrogen-bond acceptors (Lipinski definition) is 4. The highest BCUT2D eigenvalue weighted by atomic mass is 16.2. The van der Waals surface area contributed by atoms with Crippen molar-refractivity contribution in [3.8, 4) is 0 Å². The Balaban J connectivity index is 2.66. The summed E-state index contributed by atoms with van der Waals surface area (Å²) in [6.45, 7) is 0. The standard InChI is InChI=1S/C10H10N4O/c1-14(2)10(15)7-5-11-6-8-9(7)13-4-3-12-8/h3-6H,1-2H3. The molecule has 0 aliphatic heterocycles. The van der Waals surface area contributed by atoms with Gasteiger partial charge < -0.3 is 4.90 Å². The highest BCUT2D eigenvalue weighted by molar-refractivity contribution is 6.03. The molecule has 0 atom stereocenters. The minimum atomic E-state index is -0.117. The van der Waals surface area contributed by atoms with Crippen LogP contribution in [0.5, 0.6) is 0 Å². The molecule has 5 nitrogen and oxygen atoms in total. The van der Waals surface area contributed by atoms with Gasteiger partial charge in [-0.1, -0.05) is 0 Å². The van der Waals surface area contributed by atoms with Gasteiger partial charge in [-0.25, -0.2) is 0 Å². The van der Waals surface area contributed by atoms with Gasteiger partial charge in [-0.15, -0.1) is 0 Å². The van der Waals surface area contributed by atoms with Crippen molar-refractivity contribution in [2.75, 3.05) is 14.1 Å². The minimum absolute atomic E-state index is 0.117. The predicted octanol–water partition coefficient (Wildman–Crippen LogP) is 0.727. The Morgan fingerprint density at radius 2 is 1.93 bits per heavy atom. The Morgan fingerprint density at radius 3 is 2.67 bits per heavy atom. The van der Waals surface area contributed by atoms with Crippen LogP contribution in [0.15, 0.2) is 24.8 Å². The molecule has 0 spiro atoms. The maximum absolute atomic E-state index is 11.8. The smallest absolute Gasteiger partial charge is 0.257 e. The van der Waals surface area contributed by atoms with Gasteiger partial charge in [0.2, 0.25) is 0 Å². The summed E-state index contributed by atoms with van der Waals surface area (Å²) in [6, 6.07) is 0. The SMILES string of the molecule is CN(C)C(=O)c1cncc2nccnc12. The third-order valence-corrected chi connectivity index (χ3v) is 2.02. The molecule has 0 aliphatic rings. The van der Waals surface area contributed by atoms with E-state index in [4.69, 9.17) is 0 Å². The Labute approximate surface area is 86.8 Å². The lowest BCUT2D eigenvalue weighted by Crippen LogP contribution is -2.22. The second-order valence-corrected chi connectivity index (χ2v) is 3.31. The third kappa shape index (κ3) is 1.63. The van der Waals surface area contributed by atoms with Crippen LogP contribution in [0.3, 0.4) is 0 Å². The molecule has 1 amide bonds. The van der Waals surface area contributed by atoms with Crippen LogP contribution in [0.25, 0.3) is 11.0 Å². The van der Waals surface area contributed by atoms with Crippen molar-refractivity contribution in [1.82, 2.24) is 19.9 Å². The number of carbonyl (C=O) groups is 1. The molecule has 0 aliphatic carbocycles. The molecule has 0 saturated heterocycles. The largest absolute Gasteiger partial charge is 0.345 e. The fourth-order valence-corrected chi connectivity index (χ4v) is 1.29. The molecule has 5 heteroatoms. The number of aromatic nitrogens is 3. The lowest BCUT2D eigenvalue weighted by atomic mass is 10.2. The summed E-state index contributed by atoms with van der Waals surface area (Å²) in [6.07, 6.45) is 6.25. The van der Waals surface area contributed by atoms with Crippen molar-refractivity contribution in [3.05, 3.63) is 30.4 Å². The van der Waals surface area contributed by atoms with Crippen molar-refractivity contribution in [2.45, 2.75) is 0 Å². The van der Waals surface area contributed by atoms with Gasteiger partial charge in [0.05, 0.1) is 11.8 Å². The van der Waals surface area contributed by atoms with Gasteiger partial charge in [-0.3, -0.25) is 19.7 Å². The van der Waals surface area contributed by atoms with Crippen molar-refractivity contribution < 1.29 is 4.79 Å². The molecule has 15 heavy (non-hydrogen) atoms. The summed E-state index contributed by atoms with van der Waals surface area (Å²) in [5.41, 5.74) is 1.70. The van der Waals surface area contributed by atoms with E-state index in [0.29, 0.717) is 16.6 Å². The molecule has 0 radical (unpaired) electrons. The molecule has 76 valence electrons. The van der Waals surface area contributed by atoms with Gasteiger partial charge in [-0.05, 0) is 0 Å². The van der Waals surface area contributed by atoms with E-state index in [2.05, 4.69) is 15.0 Å². The van der Waals surface area contributed by atoms with Crippen LogP contribution in [0.4, 0.5) is 0 Å².